The molecule has 0 aliphatic heterocycles. The molecular formula is C102H87O4P. The minimum absolute atomic E-state index is 0.328. The van der Waals surface area contributed by atoms with E-state index in [1.165, 1.54) is 0 Å². The van der Waals surface area contributed by atoms with Gasteiger partial charge in [0.2, 0.25) is 0 Å². The molecule has 0 saturated heterocycles. The first-order chi connectivity index (χ1) is 52.7. The largest absolute Gasteiger partial charge is 0.647 e. The van der Waals surface area contributed by atoms with E-state index in [2.05, 4.69) is 385 Å². The predicted octanol–water partition coefficient (Wildman–Crippen LogP) is 27.7. The van der Waals surface area contributed by atoms with Crippen LogP contribution in [0.15, 0.2) is 400 Å². The zero-order valence-electron chi connectivity index (χ0n) is 60.9. The lowest BCUT2D eigenvalue weighted by Gasteiger charge is -2.36. The van der Waals surface area contributed by atoms with Crippen molar-refractivity contribution < 1.29 is 18.1 Å². The molecule has 0 saturated carbocycles. The topological polar surface area (TPSA) is 44.8 Å². The molecule has 0 aliphatic rings. The smallest absolute Gasteiger partial charge is 0.386 e. The minimum Gasteiger partial charge on any atom is -0.386 e. The molecular weight excluding hydrogens is 1320 g/mol. The number of rotatable bonds is 27. The van der Waals surface area contributed by atoms with Gasteiger partial charge in [-0.05, 0) is 172 Å². The Bertz CT molecular complexity index is 4580. The van der Waals surface area contributed by atoms with Gasteiger partial charge in [0, 0.05) is 16.2 Å². The molecule has 0 unspecified atom stereocenters. The third-order valence-corrected chi connectivity index (χ3v) is 22.8. The molecule has 5 heteroatoms. The van der Waals surface area contributed by atoms with E-state index in [-0.39, 0.29) is 0 Å². The highest BCUT2D eigenvalue weighted by molar-refractivity contribution is 7.49. The molecule has 0 fully saturated rings. The summed E-state index contributed by atoms with van der Waals surface area (Å²) in [6.07, 6.45) is 5.13. The van der Waals surface area contributed by atoms with Gasteiger partial charge >= 0.3 is 7.82 Å². The average Bonchev–Trinajstić information content (AvgIpc) is 0.760. The summed E-state index contributed by atoms with van der Waals surface area (Å²) in [5.41, 5.74) is 22.3. The van der Waals surface area contributed by atoms with E-state index in [9.17, 15) is 0 Å². The molecule has 524 valence electrons. The highest BCUT2D eigenvalue weighted by Gasteiger charge is 2.41. The number of benzene rings is 15. The fourth-order valence-corrected chi connectivity index (χ4v) is 17.5. The van der Waals surface area contributed by atoms with Gasteiger partial charge in [0.25, 0.3) is 0 Å². The van der Waals surface area contributed by atoms with Gasteiger partial charge in [0.15, 0.2) is 0 Å². The van der Waals surface area contributed by atoms with Crippen LogP contribution in [0.25, 0.3) is 66.8 Å². The monoisotopic (exact) mass is 1410 g/mol. The van der Waals surface area contributed by atoms with Crippen LogP contribution in [0.4, 0.5) is 0 Å². The maximum absolute atomic E-state index is 16.4. The SMILES string of the molecule is CCCC(c1ccc(OP(=O)(Oc2ccc(C(CCC)(c3ccc(-c4ccccc4)cc3)c3ccc(-c4ccccc4)cc3)cc2)Oc2ccc(C(CCC)(c3ccc(-c4ccccc4)cc3)c3ccc(-c4ccccc4)cc3)cc2)cc1)(c1ccc(-c2ccccc2)cc1)c1ccc(-c2ccccc2)cc1. The van der Waals surface area contributed by atoms with Gasteiger partial charge in [-0.1, -0.05) is 404 Å². The number of phosphoric acid groups is 1. The molecule has 0 amide bonds. The number of hydrogen-bond acceptors (Lipinski definition) is 4. The second-order valence-corrected chi connectivity index (χ2v) is 29.4. The normalized spacial score (nSPS) is 11.8. The maximum Gasteiger partial charge on any atom is 0.647 e. The molecule has 15 rings (SSSR count). The Hall–Kier alpha value is -12.1. The van der Waals surface area contributed by atoms with Crippen LogP contribution in [0.3, 0.4) is 0 Å². The molecule has 0 aliphatic carbocycles. The van der Waals surface area contributed by atoms with Crippen molar-refractivity contribution in [1.29, 1.82) is 0 Å². The van der Waals surface area contributed by atoms with Crippen molar-refractivity contribution in [3.8, 4) is 84.0 Å². The zero-order chi connectivity index (χ0) is 72.9. The van der Waals surface area contributed by atoms with Crippen molar-refractivity contribution in [1.82, 2.24) is 0 Å². The molecule has 0 heterocycles. The van der Waals surface area contributed by atoms with Crippen molar-refractivity contribution in [2.24, 2.45) is 0 Å². The van der Waals surface area contributed by atoms with Crippen LogP contribution in [0.2, 0.25) is 0 Å². The summed E-state index contributed by atoms with van der Waals surface area (Å²) in [5.74, 6) is 0.984. The standard InChI is InChI=1S/C102H87O4P/c1-4-73-100(88-49-37-82(38-50-88)76-25-13-7-14-26-76,89-51-39-83(40-52-89)77-27-15-8-16-28-77)94-61-67-97(68-62-94)104-107(103,105-98-69-63-95(64-70-98)101(74-5-2,90-53-41-84(42-54-90)78-29-17-9-18-30-78)91-55-43-85(44-56-91)79-31-19-10-20-32-79)106-99-71-65-96(66-72-99)102(75-6-3,92-57-45-86(46-58-92)80-33-21-11-22-34-80)93-59-47-87(48-60-93)81-35-23-12-24-36-81/h7-72H,4-6,73-75H2,1-3H3. The van der Waals surface area contributed by atoms with Gasteiger partial charge in [-0.25, -0.2) is 0 Å². The number of hydrogen-bond donors (Lipinski definition) is 0. The molecule has 15 aromatic carbocycles. The van der Waals surface area contributed by atoms with Crippen LogP contribution in [0, 0.1) is 0 Å². The van der Waals surface area contributed by atoms with Gasteiger partial charge in [-0.15, -0.1) is 0 Å². The zero-order valence-corrected chi connectivity index (χ0v) is 61.8. The van der Waals surface area contributed by atoms with E-state index in [1.54, 1.807) is 0 Å². The summed E-state index contributed by atoms with van der Waals surface area (Å²) in [7, 11) is -4.65. The van der Waals surface area contributed by atoms with E-state index < -0.39 is 24.1 Å². The first-order valence-electron chi connectivity index (χ1n) is 37.6. The molecule has 0 atom stereocenters. The van der Waals surface area contributed by atoms with Gasteiger partial charge in [-0.2, -0.15) is 4.57 Å². The third-order valence-electron chi connectivity index (χ3n) is 21.5. The molecule has 15 aromatic rings. The lowest BCUT2D eigenvalue weighted by Crippen LogP contribution is -2.29. The first kappa shape index (κ1) is 70.6. The quantitative estimate of drug-likeness (QED) is 0.0380. The van der Waals surface area contributed by atoms with Crippen LogP contribution in [-0.2, 0) is 20.8 Å². The Kier molecular flexibility index (Phi) is 21.2. The summed E-state index contributed by atoms with van der Waals surface area (Å²) in [5, 5.41) is 0. The first-order valence-corrected chi connectivity index (χ1v) is 39.1. The van der Waals surface area contributed by atoms with Gasteiger partial charge in [0.05, 0.1) is 0 Å². The lowest BCUT2D eigenvalue weighted by molar-refractivity contribution is 0.298. The highest BCUT2D eigenvalue weighted by atomic mass is 31.2. The van der Waals surface area contributed by atoms with E-state index in [0.717, 1.165) is 155 Å². The highest BCUT2D eigenvalue weighted by Crippen LogP contribution is 2.54. The molecule has 0 bridgehead atoms. The van der Waals surface area contributed by atoms with Crippen LogP contribution in [-0.4, -0.2) is 0 Å². The van der Waals surface area contributed by atoms with Crippen LogP contribution < -0.4 is 13.6 Å². The average molecular weight is 1410 g/mol. The molecule has 0 spiro atoms. The van der Waals surface area contributed by atoms with Crippen molar-refractivity contribution in [3.05, 3.63) is 450 Å². The van der Waals surface area contributed by atoms with Gasteiger partial charge < -0.3 is 13.6 Å². The summed E-state index contributed by atoms with van der Waals surface area (Å²) >= 11 is 0. The number of phosphoric ester groups is 1. The third kappa shape index (κ3) is 14.9. The second kappa shape index (κ2) is 32.1. The summed E-state index contributed by atoms with van der Waals surface area (Å²) < 4.78 is 36.9. The Labute approximate surface area is 632 Å². The van der Waals surface area contributed by atoms with Crippen LogP contribution in [0.5, 0.6) is 17.2 Å². The van der Waals surface area contributed by atoms with Gasteiger partial charge in [-0.3, -0.25) is 0 Å². The van der Waals surface area contributed by atoms with Crippen molar-refractivity contribution in [2.45, 2.75) is 75.5 Å². The second-order valence-electron chi connectivity index (χ2n) is 27.9. The van der Waals surface area contributed by atoms with Crippen LogP contribution >= 0.6 is 7.82 Å². The predicted molar refractivity (Wildman–Crippen MR) is 444 cm³/mol. The fourth-order valence-electron chi connectivity index (χ4n) is 16.2. The summed E-state index contributed by atoms with van der Waals surface area (Å²) in [4.78, 5) is 0. The lowest BCUT2D eigenvalue weighted by atomic mass is 9.66. The van der Waals surface area contributed by atoms with Gasteiger partial charge in [0.1, 0.15) is 17.2 Å². The van der Waals surface area contributed by atoms with Crippen molar-refractivity contribution in [2.75, 3.05) is 0 Å². The summed E-state index contributed by atoms with van der Waals surface area (Å²) in [6.45, 7) is 6.75. The minimum atomic E-state index is -4.65. The Morgan fingerprint density at radius 2 is 0.318 bits per heavy atom. The van der Waals surface area contributed by atoms with E-state index in [4.69, 9.17) is 13.6 Å². The Morgan fingerprint density at radius 3 is 0.458 bits per heavy atom. The fraction of sp³-hybridized carbons (Fsp3) is 0.118. The molecule has 0 N–H and O–H groups in total. The summed E-state index contributed by atoms with van der Waals surface area (Å²) in [6, 6.07) is 142. The van der Waals surface area contributed by atoms with E-state index in [0.29, 0.717) is 17.2 Å². The van der Waals surface area contributed by atoms with Crippen LogP contribution in [0.1, 0.15) is 109 Å². The van der Waals surface area contributed by atoms with E-state index >= 15 is 4.57 Å². The Morgan fingerprint density at radius 1 is 0.187 bits per heavy atom. The molecule has 0 radical (unpaired) electrons. The van der Waals surface area contributed by atoms with Crippen molar-refractivity contribution in [3.63, 3.8) is 0 Å². The molecule has 4 nitrogen and oxygen atoms in total. The molecule has 0 aromatic heterocycles. The Balaban J connectivity index is 0.823. The maximum atomic E-state index is 16.4. The van der Waals surface area contributed by atoms with E-state index in [1.807, 2.05) is 36.4 Å². The van der Waals surface area contributed by atoms with Crippen molar-refractivity contribution >= 4 is 7.82 Å². The molecule has 107 heavy (non-hydrogen) atoms.